The smallest absolute Gasteiger partial charge is 0.311 e. The van der Waals surface area contributed by atoms with E-state index in [0.717, 1.165) is 5.57 Å². The van der Waals surface area contributed by atoms with Gasteiger partial charge in [0.1, 0.15) is 6.61 Å². The minimum absolute atomic E-state index is 0.163. The summed E-state index contributed by atoms with van der Waals surface area (Å²) in [5.41, 5.74) is 4.23. The Labute approximate surface area is 116 Å². The van der Waals surface area contributed by atoms with E-state index in [9.17, 15) is 4.79 Å². The Balaban J connectivity index is 2.75. The van der Waals surface area contributed by atoms with Crippen LogP contribution in [0.15, 0.2) is 29.8 Å². The van der Waals surface area contributed by atoms with Gasteiger partial charge in [-0.1, -0.05) is 29.8 Å². The summed E-state index contributed by atoms with van der Waals surface area (Å²) in [4.78, 5) is 11.7. The molecule has 104 valence electrons. The van der Waals surface area contributed by atoms with Crippen LogP contribution in [0.2, 0.25) is 0 Å². The molecule has 0 aliphatic rings. The van der Waals surface area contributed by atoms with Gasteiger partial charge in [-0.15, -0.1) is 0 Å². The molecule has 2 heteroatoms. The summed E-state index contributed by atoms with van der Waals surface area (Å²) in [6.07, 6.45) is 0. The molecule has 0 amide bonds. The van der Waals surface area contributed by atoms with Gasteiger partial charge in [0.25, 0.3) is 0 Å². The van der Waals surface area contributed by atoms with E-state index in [1.807, 2.05) is 27.7 Å². The van der Waals surface area contributed by atoms with Crippen molar-refractivity contribution in [1.29, 1.82) is 0 Å². The number of aryl methyl sites for hydroxylation is 1. The molecule has 0 aliphatic carbocycles. The van der Waals surface area contributed by atoms with Crippen LogP contribution in [0.4, 0.5) is 0 Å². The molecule has 0 fully saturated rings. The largest absolute Gasteiger partial charge is 0.461 e. The van der Waals surface area contributed by atoms with E-state index < -0.39 is 5.41 Å². The highest BCUT2D eigenvalue weighted by atomic mass is 16.5. The Bertz CT molecular complexity index is 473. The number of esters is 1. The van der Waals surface area contributed by atoms with Gasteiger partial charge in [0.05, 0.1) is 5.41 Å². The van der Waals surface area contributed by atoms with Crippen LogP contribution in [0.1, 0.15) is 45.7 Å². The van der Waals surface area contributed by atoms with Gasteiger partial charge < -0.3 is 4.74 Å². The van der Waals surface area contributed by atoms with Crippen molar-refractivity contribution >= 4 is 11.5 Å². The summed E-state index contributed by atoms with van der Waals surface area (Å²) >= 11 is 0. The predicted octanol–water partition coefficient (Wildman–Crippen LogP) is 4.38. The Hall–Kier alpha value is -1.57. The molecular formula is C17H24O2. The average Bonchev–Trinajstić information content (AvgIpc) is 2.34. The van der Waals surface area contributed by atoms with Crippen molar-refractivity contribution < 1.29 is 9.53 Å². The van der Waals surface area contributed by atoms with Gasteiger partial charge in [0.15, 0.2) is 0 Å². The van der Waals surface area contributed by atoms with Crippen molar-refractivity contribution in [3.05, 3.63) is 41.0 Å². The number of carbonyl (C=O) groups is 1. The highest BCUT2D eigenvalue weighted by Gasteiger charge is 2.23. The second-order valence-corrected chi connectivity index (χ2v) is 6.10. The van der Waals surface area contributed by atoms with Gasteiger partial charge in [-0.3, -0.25) is 4.79 Å². The lowest BCUT2D eigenvalue weighted by Crippen LogP contribution is -2.23. The first-order valence-electron chi connectivity index (χ1n) is 6.62. The minimum Gasteiger partial charge on any atom is -0.461 e. The van der Waals surface area contributed by atoms with Gasteiger partial charge in [0.2, 0.25) is 0 Å². The van der Waals surface area contributed by atoms with Gasteiger partial charge in [-0.2, -0.15) is 0 Å². The van der Waals surface area contributed by atoms with Crippen LogP contribution in [0.3, 0.4) is 0 Å². The average molecular weight is 260 g/mol. The molecule has 0 saturated heterocycles. The summed E-state index contributed by atoms with van der Waals surface area (Å²) in [5.74, 6) is -0.163. The maximum atomic E-state index is 11.7. The Kier molecular flexibility index (Phi) is 4.93. The Morgan fingerprint density at radius 2 is 1.63 bits per heavy atom. The summed E-state index contributed by atoms with van der Waals surface area (Å²) in [6, 6.07) is 8.38. The van der Waals surface area contributed by atoms with Crippen LogP contribution in [-0.2, 0) is 9.53 Å². The van der Waals surface area contributed by atoms with Crippen LogP contribution >= 0.6 is 0 Å². The molecule has 2 nitrogen and oxygen atoms in total. The third kappa shape index (κ3) is 4.55. The molecule has 0 N–H and O–H groups in total. The van der Waals surface area contributed by atoms with Crippen molar-refractivity contribution in [3.63, 3.8) is 0 Å². The second-order valence-electron chi connectivity index (χ2n) is 6.10. The molecule has 0 unspecified atom stereocenters. The fourth-order valence-corrected chi connectivity index (χ4v) is 1.55. The van der Waals surface area contributed by atoms with Crippen molar-refractivity contribution in [2.45, 2.75) is 41.5 Å². The molecule has 19 heavy (non-hydrogen) atoms. The van der Waals surface area contributed by atoms with Crippen LogP contribution in [-0.4, -0.2) is 12.6 Å². The third-order valence-corrected chi connectivity index (χ3v) is 3.16. The molecule has 0 atom stereocenters. The lowest BCUT2D eigenvalue weighted by Gasteiger charge is -2.17. The zero-order chi connectivity index (χ0) is 14.6. The monoisotopic (exact) mass is 260 g/mol. The Morgan fingerprint density at radius 3 is 2.11 bits per heavy atom. The molecular weight excluding hydrogens is 236 g/mol. The highest BCUT2D eigenvalue weighted by molar-refractivity contribution is 5.76. The molecule has 1 aromatic carbocycles. The first kappa shape index (κ1) is 15.5. The summed E-state index contributed by atoms with van der Waals surface area (Å²) in [5, 5.41) is 0. The topological polar surface area (TPSA) is 26.3 Å². The first-order valence-corrected chi connectivity index (χ1v) is 6.62. The van der Waals surface area contributed by atoms with E-state index in [-0.39, 0.29) is 5.97 Å². The van der Waals surface area contributed by atoms with Crippen molar-refractivity contribution in [3.8, 4) is 0 Å². The van der Waals surface area contributed by atoms with E-state index in [2.05, 4.69) is 38.1 Å². The van der Waals surface area contributed by atoms with Gasteiger partial charge in [-0.05, 0) is 58.3 Å². The molecule has 0 heterocycles. The van der Waals surface area contributed by atoms with Crippen molar-refractivity contribution in [1.82, 2.24) is 0 Å². The summed E-state index contributed by atoms with van der Waals surface area (Å²) in [7, 11) is 0. The maximum absolute atomic E-state index is 11.7. The number of rotatable bonds is 3. The first-order chi connectivity index (χ1) is 8.71. The lowest BCUT2D eigenvalue weighted by atomic mass is 9.97. The van der Waals surface area contributed by atoms with Crippen LogP contribution in [0.5, 0.6) is 0 Å². The molecule has 0 radical (unpaired) electrons. The number of carbonyl (C=O) groups excluding carboxylic acids is 1. The zero-order valence-electron chi connectivity index (χ0n) is 12.8. The SMILES string of the molecule is C/C(COC(=O)C(C)(C)C)=C(/C)c1ccc(C)cc1. The van der Waals surface area contributed by atoms with E-state index in [1.54, 1.807) is 0 Å². The number of ether oxygens (including phenoxy) is 1. The van der Waals surface area contributed by atoms with E-state index in [4.69, 9.17) is 4.74 Å². The molecule has 0 bridgehead atoms. The molecule has 0 aliphatic heterocycles. The van der Waals surface area contributed by atoms with Gasteiger partial charge in [-0.25, -0.2) is 0 Å². The molecule has 0 saturated carbocycles. The van der Waals surface area contributed by atoms with Crippen LogP contribution in [0.25, 0.3) is 5.57 Å². The molecule has 1 rings (SSSR count). The van der Waals surface area contributed by atoms with E-state index in [0.29, 0.717) is 6.61 Å². The maximum Gasteiger partial charge on any atom is 0.311 e. The third-order valence-electron chi connectivity index (χ3n) is 3.16. The lowest BCUT2D eigenvalue weighted by molar-refractivity contribution is -0.151. The number of benzene rings is 1. The predicted molar refractivity (Wildman–Crippen MR) is 79.9 cm³/mol. The fraction of sp³-hybridized carbons (Fsp3) is 0.471. The molecule has 0 aromatic heterocycles. The van der Waals surface area contributed by atoms with Crippen LogP contribution in [0, 0.1) is 12.3 Å². The van der Waals surface area contributed by atoms with Gasteiger partial charge >= 0.3 is 5.97 Å². The summed E-state index contributed by atoms with van der Waals surface area (Å²) in [6.45, 7) is 12.1. The van der Waals surface area contributed by atoms with E-state index in [1.165, 1.54) is 16.7 Å². The standard InChI is InChI=1S/C17H24O2/c1-12-7-9-15(10-8-12)14(3)13(2)11-19-16(18)17(4,5)6/h7-10H,11H2,1-6H3/b14-13+. The second kappa shape index (κ2) is 6.05. The van der Waals surface area contributed by atoms with Crippen molar-refractivity contribution in [2.75, 3.05) is 6.61 Å². The minimum atomic E-state index is -0.446. The fourth-order valence-electron chi connectivity index (χ4n) is 1.55. The van der Waals surface area contributed by atoms with E-state index >= 15 is 0 Å². The molecule has 0 spiro atoms. The Morgan fingerprint density at radius 1 is 1.11 bits per heavy atom. The summed E-state index contributed by atoms with van der Waals surface area (Å²) < 4.78 is 5.34. The normalized spacial score (nSPS) is 12.9. The highest BCUT2D eigenvalue weighted by Crippen LogP contribution is 2.20. The van der Waals surface area contributed by atoms with Gasteiger partial charge in [0, 0.05) is 0 Å². The number of allylic oxidation sites excluding steroid dienone is 1. The molecule has 1 aromatic rings. The zero-order valence-corrected chi connectivity index (χ0v) is 12.8. The quantitative estimate of drug-likeness (QED) is 0.754. The van der Waals surface area contributed by atoms with Crippen LogP contribution < -0.4 is 0 Å². The van der Waals surface area contributed by atoms with Crippen molar-refractivity contribution in [2.24, 2.45) is 5.41 Å². The number of hydrogen-bond donors (Lipinski definition) is 0. The number of hydrogen-bond acceptors (Lipinski definition) is 2.